The topological polar surface area (TPSA) is 44.1 Å². The fourth-order valence-corrected chi connectivity index (χ4v) is 6.43. The minimum absolute atomic E-state index is 0.0351. The standard InChI is InChI=1S/C21H29ClN2O2/c1-4-5-8-17-14-10-12-21(17,20(2)11-7-6-9-16(14)20)26-19(25)15-13-23-24(3)18(15)22/h6,9,13-14,16-17H,4-5,7-8,10-12H2,1-3H3/t14?,16?,17?,20-,21?/m1/s1. The lowest BCUT2D eigenvalue weighted by atomic mass is 9.60. The highest BCUT2D eigenvalue weighted by molar-refractivity contribution is 6.32. The van der Waals surface area contributed by atoms with Gasteiger partial charge in [-0.15, -0.1) is 0 Å². The van der Waals surface area contributed by atoms with Crippen LogP contribution in [0.5, 0.6) is 0 Å². The highest BCUT2D eigenvalue weighted by Gasteiger charge is 2.71. The zero-order valence-electron chi connectivity index (χ0n) is 16.0. The molecule has 3 aliphatic rings. The van der Waals surface area contributed by atoms with Crippen LogP contribution in [0.15, 0.2) is 18.3 Å². The summed E-state index contributed by atoms with van der Waals surface area (Å²) in [6.45, 7) is 4.59. The van der Waals surface area contributed by atoms with Crippen LogP contribution in [0.3, 0.4) is 0 Å². The van der Waals surface area contributed by atoms with E-state index in [4.69, 9.17) is 16.3 Å². The Bertz CT molecular complexity index is 742. The van der Waals surface area contributed by atoms with Gasteiger partial charge in [0.15, 0.2) is 0 Å². The average Bonchev–Trinajstić information content (AvgIpc) is 3.21. The molecule has 0 aromatic carbocycles. The van der Waals surface area contributed by atoms with Crippen LogP contribution in [0.1, 0.15) is 69.2 Å². The van der Waals surface area contributed by atoms with E-state index >= 15 is 0 Å². The Hall–Kier alpha value is -1.29. The number of hydrogen-bond acceptors (Lipinski definition) is 3. The maximum absolute atomic E-state index is 13.1. The van der Waals surface area contributed by atoms with Crippen molar-refractivity contribution in [3.8, 4) is 0 Å². The highest BCUT2D eigenvalue weighted by Crippen LogP contribution is 2.70. The van der Waals surface area contributed by atoms with Gasteiger partial charge in [0.25, 0.3) is 0 Å². The fourth-order valence-electron chi connectivity index (χ4n) is 6.26. The average molecular weight is 377 g/mol. The molecule has 0 N–H and O–H groups in total. The SMILES string of the molecule is CCCCC1C2CCC1(OC(=O)c1cnn(C)c1Cl)[C@]1(C)CCC=CC21. The van der Waals surface area contributed by atoms with E-state index in [1.54, 1.807) is 7.05 Å². The molecule has 5 heteroatoms. The van der Waals surface area contributed by atoms with Gasteiger partial charge in [0.1, 0.15) is 16.3 Å². The molecule has 3 aliphatic carbocycles. The number of aryl methyl sites for hydroxylation is 1. The third-order valence-corrected chi connectivity index (χ3v) is 7.98. The number of aromatic nitrogens is 2. The lowest BCUT2D eigenvalue weighted by Crippen LogP contribution is -2.52. The maximum Gasteiger partial charge on any atom is 0.343 e. The van der Waals surface area contributed by atoms with Crippen molar-refractivity contribution >= 4 is 17.6 Å². The van der Waals surface area contributed by atoms with Gasteiger partial charge in [-0.3, -0.25) is 4.68 Å². The number of allylic oxidation sites excluding steroid dienone is 2. The van der Waals surface area contributed by atoms with Crippen molar-refractivity contribution in [3.05, 3.63) is 29.1 Å². The van der Waals surface area contributed by atoms with Crippen molar-refractivity contribution in [3.63, 3.8) is 0 Å². The van der Waals surface area contributed by atoms with Crippen molar-refractivity contribution in [2.75, 3.05) is 0 Å². The first-order chi connectivity index (χ1) is 12.4. The van der Waals surface area contributed by atoms with Gasteiger partial charge in [0, 0.05) is 18.4 Å². The maximum atomic E-state index is 13.1. The van der Waals surface area contributed by atoms with Crippen LogP contribution < -0.4 is 0 Å². The number of unbranched alkanes of at least 4 members (excludes halogenated alkanes) is 1. The van der Waals surface area contributed by atoms with Crippen molar-refractivity contribution in [2.45, 2.75) is 64.4 Å². The van der Waals surface area contributed by atoms with Crippen molar-refractivity contribution < 1.29 is 9.53 Å². The summed E-state index contributed by atoms with van der Waals surface area (Å²) in [6.07, 6.45) is 14.1. The molecule has 0 saturated heterocycles. The Morgan fingerprint density at radius 2 is 2.27 bits per heavy atom. The predicted octanol–water partition coefficient (Wildman–Crippen LogP) is 5.17. The summed E-state index contributed by atoms with van der Waals surface area (Å²) in [6, 6.07) is 0. The van der Waals surface area contributed by atoms with Gasteiger partial charge < -0.3 is 4.74 Å². The number of esters is 1. The molecule has 1 heterocycles. The van der Waals surface area contributed by atoms with Crippen molar-refractivity contribution in [2.24, 2.45) is 30.2 Å². The molecule has 4 unspecified atom stereocenters. The fraction of sp³-hybridized carbons (Fsp3) is 0.714. The minimum atomic E-state index is -0.363. The third-order valence-electron chi connectivity index (χ3n) is 7.53. The van der Waals surface area contributed by atoms with E-state index in [-0.39, 0.29) is 17.0 Å². The number of hydrogen-bond donors (Lipinski definition) is 0. The zero-order chi connectivity index (χ0) is 18.5. The summed E-state index contributed by atoms with van der Waals surface area (Å²) in [7, 11) is 1.74. The van der Waals surface area contributed by atoms with Crippen LogP contribution in [-0.4, -0.2) is 21.4 Å². The summed E-state index contributed by atoms with van der Waals surface area (Å²) in [5.74, 6) is 1.32. The smallest absolute Gasteiger partial charge is 0.343 e. The monoisotopic (exact) mass is 376 g/mol. The number of carbonyl (C=O) groups is 1. The molecule has 26 heavy (non-hydrogen) atoms. The van der Waals surface area contributed by atoms with Gasteiger partial charge in [-0.2, -0.15) is 5.10 Å². The molecule has 2 saturated carbocycles. The van der Waals surface area contributed by atoms with Crippen LogP contribution >= 0.6 is 11.6 Å². The Labute approximate surface area is 160 Å². The van der Waals surface area contributed by atoms with Crippen LogP contribution in [0.4, 0.5) is 0 Å². The highest BCUT2D eigenvalue weighted by atomic mass is 35.5. The second-order valence-electron chi connectivity index (χ2n) is 8.61. The summed E-state index contributed by atoms with van der Waals surface area (Å²) < 4.78 is 7.96. The van der Waals surface area contributed by atoms with E-state index < -0.39 is 0 Å². The second-order valence-corrected chi connectivity index (χ2v) is 8.97. The molecular formula is C21H29ClN2O2. The zero-order valence-corrected chi connectivity index (χ0v) is 16.8. The van der Waals surface area contributed by atoms with E-state index in [0.29, 0.717) is 28.5 Å². The molecule has 4 rings (SSSR count). The summed E-state index contributed by atoms with van der Waals surface area (Å²) in [5.41, 5.74) is 0.0611. The molecule has 2 bridgehead atoms. The lowest BCUT2D eigenvalue weighted by molar-refractivity contribution is -0.112. The predicted molar refractivity (Wildman–Crippen MR) is 102 cm³/mol. The number of rotatable bonds is 5. The number of nitrogens with zero attached hydrogens (tertiary/aromatic N) is 2. The van der Waals surface area contributed by atoms with Crippen LogP contribution in [0, 0.1) is 23.2 Å². The van der Waals surface area contributed by atoms with E-state index in [2.05, 4.69) is 31.1 Å². The molecule has 0 amide bonds. The summed E-state index contributed by atoms with van der Waals surface area (Å²) in [5, 5.41) is 4.47. The first-order valence-electron chi connectivity index (χ1n) is 10.0. The molecule has 0 spiro atoms. The van der Waals surface area contributed by atoms with E-state index in [1.807, 2.05) is 0 Å². The molecule has 1 aromatic rings. The van der Waals surface area contributed by atoms with Gasteiger partial charge >= 0.3 is 5.97 Å². The van der Waals surface area contributed by atoms with Gasteiger partial charge in [-0.25, -0.2) is 4.79 Å². The number of carbonyl (C=O) groups excluding carboxylic acids is 1. The Morgan fingerprint density at radius 1 is 1.46 bits per heavy atom. The molecule has 0 aliphatic heterocycles. The van der Waals surface area contributed by atoms with E-state index in [9.17, 15) is 4.79 Å². The normalized spacial score (nSPS) is 37.8. The Balaban J connectivity index is 1.71. The Kier molecular flexibility index (Phi) is 4.45. The van der Waals surface area contributed by atoms with Crippen LogP contribution in [0.2, 0.25) is 5.15 Å². The van der Waals surface area contributed by atoms with Crippen LogP contribution in [-0.2, 0) is 11.8 Å². The second kappa shape index (κ2) is 6.40. The van der Waals surface area contributed by atoms with Gasteiger partial charge in [-0.1, -0.05) is 50.4 Å². The van der Waals surface area contributed by atoms with E-state index in [0.717, 1.165) is 32.1 Å². The number of halogens is 1. The number of ether oxygens (including phenoxy) is 1. The van der Waals surface area contributed by atoms with Gasteiger partial charge in [0.05, 0.1) is 6.20 Å². The van der Waals surface area contributed by atoms with E-state index in [1.165, 1.54) is 23.7 Å². The first-order valence-corrected chi connectivity index (χ1v) is 10.4. The molecular weight excluding hydrogens is 348 g/mol. The quantitative estimate of drug-likeness (QED) is 0.525. The summed E-state index contributed by atoms with van der Waals surface area (Å²) in [4.78, 5) is 13.1. The molecule has 4 nitrogen and oxygen atoms in total. The Morgan fingerprint density at radius 3 is 2.96 bits per heavy atom. The minimum Gasteiger partial charge on any atom is -0.454 e. The lowest BCUT2D eigenvalue weighted by Gasteiger charge is -2.49. The number of fused-ring (bicyclic) bond motifs is 5. The molecule has 1 aromatic heterocycles. The molecule has 5 atom stereocenters. The molecule has 142 valence electrons. The van der Waals surface area contributed by atoms with Crippen molar-refractivity contribution in [1.29, 1.82) is 0 Å². The van der Waals surface area contributed by atoms with Gasteiger partial charge in [0.2, 0.25) is 0 Å². The first kappa shape index (κ1) is 18.1. The largest absolute Gasteiger partial charge is 0.454 e. The summed E-state index contributed by atoms with van der Waals surface area (Å²) >= 11 is 6.27. The van der Waals surface area contributed by atoms with Crippen molar-refractivity contribution in [1.82, 2.24) is 9.78 Å². The van der Waals surface area contributed by atoms with Crippen LogP contribution in [0.25, 0.3) is 0 Å². The molecule has 0 radical (unpaired) electrons. The molecule has 2 fully saturated rings. The third kappa shape index (κ3) is 2.33. The van der Waals surface area contributed by atoms with Gasteiger partial charge in [-0.05, 0) is 43.9 Å².